The lowest BCUT2D eigenvalue weighted by molar-refractivity contribution is -0.141. The number of hydrogen-bond donors (Lipinski definition) is 2. The van der Waals surface area contributed by atoms with Crippen LogP contribution in [0.3, 0.4) is 0 Å². The van der Waals surface area contributed by atoms with Gasteiger partial charge in [-0.25, -0.2) is 13.6 Å². The van der Waals surface area contributed by atoms with Crippen molar-refractivity contribution in [3.63, 3.8) is 0 Å². The second kappa shape index (κ2) is 5.45. The summed E-state index contributed by atoms with van der Waals surface area (Å²) in [5.74, 6) is -1.84. The number of hydrogen-bond acceptors (Lipinski definition) is 2. The Balaban J connectivity index is 3.95. The summed E-state index contributed by atoms with van der Waals surface area (Å²) in [7, 11) is 0. The highest BCUT2D eigenvalue weighted by Gasteiger charge is 2.19. The van der Waals surface area contributed by atoms with E-state index in [0.717, 1.165) is 6.92 Å². The molecule has 13 heavy (non-hydrogen) atoms. The van der Waals surface area contributed by atoms with Crippen molar-refractivity contribution < 1.29 is 23.5 Å². The van der Waals surface area contributed by atoms with E-state index in [1.165, 1.54) is 0 Å². The van der Waals surface area contributed by atoms with Gasteiger partial charge in [0, 0.05) is 13.3 Å². The lowest BCUT2D eigenvalue weighted by atomic mass is 10.1. The summed E-state index contributed by atoms with van der Waals surface area (Å²) in [6.07, 6.45) is -3.33. The van der Waals surface area contributed by atoms with Crippen LogP contribution in [-0.2, 0) is 9.59 Å². The molecule has 0 saturated carbocycles. The van der Waals surface area contributed by atoms with Crippen LogP contribution in [0.5, 0.6) is 0 Å². The second-order valence-corrected chi connectivity index (χ2v) is 2.56. The van der Waals surface area contributed by atoms with E-state index in [4.69, 9.17) is 5.11 Å². The largest absolute Gasteiger partial charge is 0.480 e. The Bertz CT molecular complexity index is 196. The number of aliphatic carboxylic acids is 1. The molecular formula is C7H11F2NO3. The highest BCUT2D eigenvalue weighted by atomic mass is 19.3. The lowest BCUT2D eigenvalue weighted by Gasteiger charge is -2.12. The maximum Gasteiger partial charge on any atom is 0.326 e. The molecule has 0 unspecified atom stereocenters. The number of carboxylic acids is 1. The van der Waals surface area contributed by atoms with E-state index in [9.17, 15) is 18.4 Å². The third-order valence-electron chi connectivity index (χ3n) is 1.35. The van der Waals surface area contributed by atoms with Crippen LogP contribution in [0.2, 0.25) is 0 Å². The minimum absolute atomic E-state index is 0.257. The first-order chi connectivity index (χ1) is 5.93. The molecule has 0 rings (SSSR count). The van der Waals surface area contributed by atoms with Crippen molar-refractivity contribution in [2.75, 3.05) is 0 Å². The maximum absolute atomic E-state index is 11.7. The summed E-state index contributed by atoms with van der Waals surface area (Å²) in [5, 5.41) is 10.5. The average Bonchev–Trinajstić information content (AvgIpc) is 1.96. The Morgan fingerprint density at radius 1 is 1.38 bits per heavy atom. The molecule has 0 bridgehead atoms. The first kappa shape index (κ1) is 11.8. The maximum atomic E-state index is 11.7. The minimum Gasteiger partial charge on any atom is -0.480 e. The minimum atomic E-state index is -2.55. The standard InChI is InChI=1S/C7H11F2NO3/c1-4(11)10-5(7(12)13)2-3-6(8)9/h5-6H,2-3H2,1H3,(H,10,11)(H,12,13)/t5-/m0/s1. The van der Waals surface area contributed by atoms with Crippen molar-refractivity contribution >= 4 is 11.9 Å². The van der Waals surface area contributed by atoms with Crippen LogP contribution in [-0.4, -0.2) is 29.5 Å². The van der Waals surface area contributed by atoms with Crippen LogP contribution in [0.15, 0.2) is 0 Å². The summed E-state index contributed by atoms with van der Waals surface area (Å²) < 4.78 is 23.4. The molecule has 0 aliphatic carbocycles. The third kappa shape index (κ3) is 6.01. The molecule has 0 heterocycles. The van der Waals surface area contributed by atoms with E-state index in [-0.39, 0.29) is 6.42 Å². The van der Waals surface area contributed by atoms with Gasteiger partial charge in [0.25, 0.3) is 0 Å². The molecule has 0 fully saturated rings. The molecular weight excluding hydrogens is 184 g/mol. The van der Waals surface area contributed by atoms with Gasteiger partial charge in [-0.2, -0.15) is 0 Å². The molecule has 0 aliphatic rings. The van der Waals surface area contributed by atoms with Gasteiger partial charge in [0.1, 0.15) is 6.04 Å². The summed E-state index contributed by atoms with van der Waals surface area (Å²) in [5.41, 5.74) is 0. The van der Waals surface area contributed by atoms with Gasteiger partial charge in [-0.05, 0) is 6.42 Å². The SMILES string of the molecule is CC(=O)N[C@@H](CCC(F)F)C(=O)O. The Morgan fingerprint density at radius 2 is 1.92 bits per heavy atom. The average molecular weight is 195 g/mol. The van der Waals surface area contributed by atoms with E-state index < -0.39 is 30.8 Å². The monoisotopic (exact) mass is 195 g/mol. The van der Waals surface area contributed by atoms with Crippen molar-refractivity contribution in [1.29, 1.82) is 0 Å². The van der Waals surface area contributed by atoms with Gasteiger partial charge in [0.15, 0.2) is 0 Å². The van der Waals surface area contributed by atoms with E-state index in [2.05, 4.69) is 5.32 Å². The number of carbonyl (C=O) groups excluding carboxylic acids is 1. The fourth-order valence-electron chi connectivity index (χ4n) is 0.795. The summed E-state index contributed by atoms with van der Waals surface area (Å²) in [4.78, 5) is 20.8. The van der Waals surface area contributed by atoms with Crippen LogP contribution in [0.1, 0.15) is 19.8 Å². The third-order valence-corrected chi connectivity index (χ3v) is 1.35. The number of rotatable bonds is 5. The van der Waals surface area contributed by atoms with Crippen molar-refractivity contribution in [3.05, 3.63) is 0 Å². The quantitative estimate of drug-likeness (QED) is 0.675. The number of carbonyl (C=O) groups is 2. The molecule has 1 atom stereocenters. The Morgan fingerprint density at radius 3 is 2.23 bits per heavy atom. The molecule has 76 valence electrons. The first-order valence-corrected chi connectivity index (χ1v) is 3.71. The number of amides is 1. The molecule has 6 heteroatoms. The van der Waals surface area contributed by atoms with E-state index in [1.807, 2.05) is 0 Å². The zero-order chi connectivity index (χ0) is 10.4. The van der Waals surface area contributed by atoms with Gasteiger partial charge in [-0.15, -0.1) is 0 Å². The van der Waals surface area contributed by atoms with Gasteiger partial charge in [0.05, 0.1) is 0 Å². The Hall–Kier alpha value is -1.20. The highest BCUT2D eigenvalue weighted by molar-refractivity contribution is 5.81. The number of halogens is 2. The van der Waals surface area contributed by atoms with Gasteiger partial charge in [0.2, 0.25) is 12.3 Å². The Labute approximate surface area is 73.9 Å². The topological polar surface area (TPSA) is 66.4 Å². The summed E-state index contributed by atoms with van der Waals surface area (Å²) in [6.45, 7) is 1.14. The normalized spacial score (nSPS) is 12.6. The van der Waals surface area contributed by atoms with E-state index >= 15 is 0 Å². The molecule has 0 aromatic rings. The van der Waals surface area contributed by atoms with Crippen LogP contribution in [0, 0.1) is 0 Å². The molecule has 1 amide bonds. The van der Waals surface area contributed by atoms with Gasteiger partial charge in [-0.3, -0.25) is 4.79 Å². The van der Waals surface area contributed by atoms with Crippen molar-refractivity contribution in [1.82, 2.24) is 5.32 Å². The molecule has 0 radical (unpaired) electrons. The molecule has 2 N–H and O–H groups in total. The predicted octanol–water partition coefficient (Wildman–Crippen LogP) is 0.621. The van der Waals surface area contributed by atoms with E-state index in [0.29, 0.717) is 0 Å². The van der Waals surface area contributed by atoms with Crippen LogP contribution >= 0.6 is 0 Å². The number of alkyl halides is 2. The molecule has 0 aromatic carbocycles. The van der Waals surface area contributed by atoms with Crippen molar-refractivity contribution in [2.45, 2.75) is 32.2 Å². The zero-order valence-electron chi connectivity index (χ0n) is 7.09. The molecule has 0 aromatic heterocycles. The fraction of sp³-hybridized carbons (Fsp3) is 0.714. The zero-order valence-corrected chi connectivity index (χ0v) is 7.09. The van der Waals surface area contributed by atoms with Crippen LogP contribution in [0.4, 0.5) is 8.78 Å². The molecule has 0 saturated heterocycles. The molecule has 0 spiro atoms. The van der Waals surface area contributed by atoms with Crippen LogP contribution < -0.4 is 5.32 Å². The lowest BCUT2D eigenvalue weighted by Crippen LogP contribution is -2.39. The summed E-state index contributed by atoms with van der Waals surface area (Å²) in [6, 6.07) is -1.22. The van der Waals surface area contributed by atoms with Crippen molar-refractivity contribution in [2.24, 2.45) is 0 Å². The smallest absolute Gasteiger partial charge is 0.326 e. The fourth-order valence-corrected chi connectivity index (χ4v) is 0.795. The second-order valence-electron chi connectivity index (χ2n) is 2.56. The van der Waals surface area contributed by atoms with Gasteiger partial charge < -0.3 is 10.4 Å². The molecule has 4 nitrogen and oxygen atoms in total. The van der Waals surface area contributed by atoms with Crippen molar-refractivity contribution in [3.8, 4) is 0 Å². The Kier molecular flexibility index (Phi) is 4.94. The number of nitrogens with one attached hydrogen (secondary N) is 1. The van der Waals surface area contributed by atoms with Gasteiger partial charge >= 0.3 is 5.97 Å². The van der Waals surface area contributed by atoms with Crippen LogP contribution in [0.25, 0.3) is 0 Å². The highest BCUT2D eigenvalue weighted by Crippen LogP contribution is 2.06. The molecule has 0 aliphatic heterocycles. The van der Waals surface area contributed by atoms with Gasteiger partial charge in [-0.1, -0.05) is 0 Å². The predicted molar refractivity (Wildman–Crippen MR) is 40.5 cm³/mol. The first-order valence-electron chi connectivity index (χ1n) is 3.71. The summed E-state index contributed by atoms with van der Waals surface area (Å²) >= 11 is 0. The number of carboxylic acid groups (broad SMARTS) is 1. The van der Waals surface area contributed by atoms with E-state index in [1.54, 1.807) is 0 Å².